The molecule has 0 radical (unpaired) electrons. The van der Waals surface area contributed by atoms with E-state index in [1.165, 1.54) is 13.8 Å². The second-order valence-electron chi connectivity index (χ2n) is 5.03. The molecular formula is C10H15NO6S. The van der Waals surface area contributed by atoms with Gasteiger partial charge in [-0.25, -0.2) is 17.5 Å². The topological polar surface area (TPSA) is 101 Å². The lowest BCUT2D eigenvalue weighted by atomic mass is 9.89. The number of amides is 1. The van der Waals surface area contributed by atoms with Gasteiger partial charge in [-0.1, -0.05) is 0 Å². The van der Waals surface area contributed by atoms with Crippen LogP contribution in [0.15, 0.2) is 0 Å². The molecule has 0 aromatic carbocycles. The summed E-state index contributed by atoms with van der Waals surface area (Å²) in [6.07, 6.45) is -0.0211. The van der Waals surface area contributed by atoms with Crippen molar-refractivity contribution in [1.82, 2.24) is 4.31 Å². The quantitative estimate of drug-likeness (QED) is 0.735. The normalized spacial score (nSPS) is 28.6. The molecule has 0 saturated carbocycles. The average molecular weight is 277 g/mol. The number of hydrogen-bond acceptors (Lipinski definition) is 5. The Kier molecular flexibility index (Phi) is 2.71. The summed E-state index contributed by atoms with van der Waals surface area (Å²) in [6, 6.07) is 0. The molecular weight excluding hydrogens is 262 g/mol. The first kappa shape index (κ1) is 13.3. The second kappa shape index (κ2) is 3.67. The van der Waals surface area contributed by atoms with Crippen molar-refractivity contribution < 1.29 is 27.9 Å². The number of sulfonamides is 1. The Bertz CT molecular complexity index is 502. The van der Waals surface area contributed by atoms with Crippen molar-refractivity contribution >= 4 is 21.9 Å². The summed E-state index contributed by atoms with van der Waals surface area (Å²) in [5.41, 5.74) is -1.68. The van der Waals surface area contributed by atoms with Crippen LogP contribution in [0.5, 0.6) is 0 Å². The van der Waals surface area contributed by atoms with Crippen molar-refractivity contribution in [2.45, 2.75) is 37.0 Å². The van der Waals surface area contributed by atoms with E-state index in [9.17, 15) is 23.1 Å². The molecule has 102 valence electrons. The molecule has 0 unspecified atom stereocenters. The summed E-state index contributed by atoms with van der Waals surface area (Å²) < 4.78 is 28.2. The summed E-state index contributed by atoms with van der Waals surface area (Å²) >= 11 is 0. The van der Waals surface area contributed by atoms with E-state index in [4.69, 9.17) is 4.74 Å². The van der Waals surface area contributed by atoms with E-state index in [2.05, 4.69) is 0 Å². The number of aliphatic carboxylic acids is 1. The van der Waals surface area contributed by atoms with Gasteiger partial charge >= 0.3 is 5.97 Å². The van der Waals surface area contributed by atoms with Crippen molar-refractivity contribution in [3.8, 4) is 0 Å². The zero-order valence-corrected chi connectivity index (χ0v) is 11.0. The van der Waals surface area contributed by atoms with Crippen LogP contribution in [0.25, 0.3) is 0 Å². The van der Waals surface area contributed by atoms with Crippen LogP contribution in [0.4, 0.5) is 0 Å². The van der Waals surface area contributed by atoms with Crippen LogP contribution in [0, 0.1) is 0 Å². The van der Waals surface area contributed by atoms with Crippen LogP contribution in [0.3, 0.4) is 0 Å². The average Bonchev–Trinajstić information content (AvgIpc) is 2.29. The summed E-state index contributed by atoms with van der Waals surface area (Å²) in [4.78, 5) is 23.4. The fraction of sp³-hybridized carbons (Fsp3) is 0.800. The highest BCUT2D eigenvalue weighted by Crippen LogP contribution is 2.44. The molecule has 2 aliphatic rings. The van der Waals surface area contributed by atoms with Crippen LogP contribution >= 0.6 is 0 Å². The van der Waals surface area contributed by atoms with Crippen molar-refractivity contribution in [2.24, 2.45) is 0 Å². The van der Waals surface area contributed by atoms with E-state index in [-0.39, 0.29) is 26.1 Å². The Morgan fingerprint density at radius 1 is 1.33 bits per heavy atom. The molecule has 2 fully saturated rings. The Morgan fingerprint density at radius 3 is 2.22 bits per heavy atom. The lowest BCUT2D eigenvalue weighted by Gasteiger charge is -2.52. The maximum Gasteiger partial charge on any atom is 0.330 e. The molecule has 0 aliphatic carbocycles. The molecule has 0 spiro atoms. The van der Waals surface area contributed by atoms with E-state index < -0.39 is 32.2 Å². The second-order valence-corrected chi connectivity index (χ2v) is 7.37. The van der Waals surface area contributed by atoms with Crippen LogP contribution in [0.1, 0.15) is 26.7 Å². The molecule has 0 aromatic heterocycles. The lowest BCUT2D eigenvalue weighted by Crippen LogP contribution is -2.76. The van der Waals surface area contributed by atoms with Gasteiger partial charge in [0.2, 0.25) is 0 Å². The standard InChI is InChI=1S/C10H15NO6S/c1-9(2)7(12)11(18(9,15)16)10(8(13)14)3-5-17-6-4-10/h3-6H2,1-2H3,(H,13,14). The number of carbonyl (C=O) groups excluding carboxylic acids is 1. The number of carbonyl (C=O) groups is 2. The number of carboxylic acids is 1. The minimum atomic E-state index is -3.91. The van der Waals surface area contributed by atoms with Crippen molar-refractivity contribution in [3.05, 3.63) is 0 Å². The number of nitrogens with zero attached hydrogens (tertiary/aromatic N) is 1. The molecule has 8 heteroatoms. The molecule has 2 aliphatic heterocycles. The molecule has 18 heavy (non-hydrogen) atoms. The van der Waals surface area contributed by atoms with Crippen LogP contribution in [-0.2, 0) is 24.3 Å². The Labute approximate surface area is 105 Å². The summed E-state index contributed by atoms with van der Waals surface area (Å²) in [7, 11) is -3.91. The fourth-order valence-electron chi connectivity index (χ4n) is 2.29. The number of rotatable bonds is 2. The van der Waals surface area contributed by atoms with Gasteiger partial charge in [-0.15, -0.1) is 0 Å². The third-order valence-corrected chi connectivity index (χ3v) is 6.15. The third-order valence-electron chi connectivity index (χ3n) is 3.69. The first-order chi connectivity index (χ1) is 8.18. The minimum Gasteiger partial charge on any atom is -0.479 e. The highest BCUT2D eigenvalue weighted by atomic mass is 32.2. The smallest absolute Gasteiger partial charge is 0.330 e. The Morgan fingerprint density at radius 2 is 1.83 bits per heavy atom. The minimum absolute atomic E-state index is 0.0105. The molecule has 7 nitrogen and oxygen atoms in total. The van der Waals surface area contributed by atoms with Gasteiger partial charge in [0.15, 0.2) is 10.3 Å². The van der Waals surface area contributed by atoms with Crippen LogP contribution < -0.4 is 0 Å². The molecule has 0 aromatic rings. The van der Waals surface area contributed by atoms with Gasteiger partial charge in [-0.2, -0.15) is 0 Å². The van der Waals surface area contributed by atoms with E-state index in [0.717, 1.165) is 0 Å². The zero-order valence-electron chi connectivity index (χ0n) is 10.2. The molecule has 0 atom stereocenters. The number of ether oxygens (including phenoxy) is 1. The largest absolute Gasteiger partial charge is 0.479 e. The summed E-state index contributed by atoms with van der Waals surface area (Å²) in [5, 5.41) is 9.33. The van der Waals surface area contributed by atoms with Gasteiger partial charge in [0, 0.05) is 26.1 Å². The van der Waals surface area contributed by atoms with Gasteiger partial charge < -0.3 is 9.84 Å². The molecule has 2 saturated heterocycles. The summed E-state index contributed by atoms with van der Waals surface area (Å²) in [6.45, 7) is 2.84. The molecule has 2 rings (SSSR count). The van der Waals surface area contributed by atoms with Gasteiger partial charge in [0.1, 0.15) is 0 Å². The fourth-order valence-corrected chi connectivity index (χ4v) is 4.09. The summed E-state index contributed by atoms with van der Waals surface area (Å²) in [5.74, 6) is -1.95. The highest BCUT2D eigenvalue weighted by molar-refractivity contribution is 7.94. The predicted molar refractivity (Wildman–Crippen MR) is 60.3 cm³/mol. The van der Waals surface area contributed by atoms with E-state index in [1.54, 1.807) is 0 Å². The van der Waals surface area contributed by atoms with E-state index in [1.807, 2.05) is 0 Å². The monoisotopic (exact) mass is 277 g/mol. The maximum atomic E-state index is 12.1. The molecule has 1 amide bonds. The maximum absolute atomic E-state index is 12.1. The molecule has 0 bridgehead atoms. The van der Waals surface area contributed by atoms with Crippen LogP contribution in [-0.4, -0.2) is 53.2 Å². The van der Waals surface area contributed by atoms with Gasteiger partial charge in [0.25, 0.3) is 15.9 Å². The van der Waals surface area contributed by atoms with E-state index >= 15 is 0 Å². The first-order valence-electron chi connectivity index (χ1n) is 5.58. The Hall–Kier alpha value is -1.15. The van der Waals surface area contributed by atoms with Crippen molar-refractivity contribution in [3.63, 3.8) is 0 Å². The number of hydrogen-bond donors (Lipinski definition) is 1. The van der Waals surface area contributed by atoms with Gasteiger partial charge in [-0.05, 0) is 13.8 Å². The SMILES string of the molecule is CC1(C)C(=O)N(C2(C(=O)O)CCOCC2)S1(=O)=O. The third kappa shape index (κ3) is 1.36. The Balaban J connectivity index is 2.47. The zero-order chi connectivity index (χ0) is 13.8. The van der Waals surface area contributed by atoms with Gasteiger partial charge in [0.05, 0.1) is 0 Å². The lowest BCUT2D eigenvalue weighted by molar-refractivity contribution is -0.162. The van der Waals surface area contributed by atoms with Crippen LogP contribution in [0.2, 0.25) is 0 Å². The first-order valence-corrected chi connectivity index (χ1v) is 7.02. The molecule has 2 heterocycles. The van der Waals surface area contributed by atoms with Gasteiger partial charge in [-0.3, -0.25) is 4.79 Å². The van der Waals surface area contributed by atoms with Crippen molar-refractivity contribution in [2.75, 3.05) is 13.2 Å². The van der Waals surface area contributed by atoms with Crippen molar-refractivity contribution in [1.29, 1.82) is 0 Å². The number of carboxylic acid groups (broad SMARTS) is 1. The highest BCUT2D eigenvalue weighted by Gasteiger charge is 2.68. The van der Waals surface area contributed by atoms with E-state index in [0.29, 0.717) is 4.31 Å². The molecule has 1 N–H and O–H groups in total. The predicted octanol–water partition coefficient (Wildman–Crippen LogP) is -0.429.